The number of benzene rings is 2. The van der Waals surface area contributed by atoms with E-state index in [1.807, 2.05) is 11.8 Å². The molecule has 0 aromatic heterocycles. The maximum Gasteiger partial charge on any atom is 0.166 e. The summed E-state index contributed by atoms with van der Waals surface area (Å²) in [5.74, 6) is -0.257. The molecule has 2 saturated heterocycles. The molecule has 3 aliphatic heterocycles. The van der Waals surface area contributed by atoms with Crippen molar-refractivity contribution in [3.63, 3.8) is 0 Å². The van der Waals surface area contributed by atoms with E-state index in [2.05, 4.69) is 64.5 Å². The third-order valence-electron chi connectivity index (χ3n) is 7.85. The molecule has 0 aliphatic carbocycles. The number of para-hydroxylation sites is 1. The molecule has 0 spiro atoms. The van der Waals surface area contributed by atoms with Crippen LogP contribution in [0.1, 0.15) is 43.5 Å². The van der Waals surface area contributed by atoms with E-state index in [4.69, 9.17) is 4.84 Å². The third kappa shape index (κ3) is 6.84. The summed E-state index contributed by atoms with van der Waals surface area (Å²) in [6.45, 7) is 15.2. The second-order valence-corrected chi connectivity index (χ2v) is 12.6. The molecule has 2 aromatic rings. The van der Waals surface area contributed by atoms with E-state index in [9.17, 15) is 9.18 Å². The Morgan fingerprint density at radius 2 is 1.74 bits per heavy atom. The lowest BCUT2D eigenvalue weighted by molar-refractivity contribution is 0.0510. The predicted octanol–water partition coefficient (Wildman–Crippen LogP) is 5.70. The lowest BCUT2D eigenvalue weighted by Crippen LogP contribution is -2.48. The van der Waals surface area contributed by atoms with E-state index in [-0.39, 0.29) is 23.6 Å². The molecule has 39 heavy (non-hydrogen) atoms. The zero-order valence-electron chi connectivity index (χ0n) is 23.0. The maximum absolute atomic E-state index is 13.2. The van der Waals surface area contributed by atoms with Crippen molar-refractivity contribution in [3.05, 3.63) is 72.2 Å². The molecule has 0 unspecified atom stereocenters. The Hall–Kier alpha value is -2.84. The Morgan fingerprint density at radius 3 is 2.44 bits per heavy atom. The lowest BCUT2D eigenvalue weighted by Gasteiger charge is -2.37. The minimum Gasteiger partial charge on any atom is -0.390 e. The summed E-state index contributed by atoms with van der Waals surface area (Å²) >= 11 is 1.93. The summed E-state index contributed by atoms with van der Waals surface area (Å²) < 4.78 is 13.2. The number of nitrogens with zero attached hydrogens (tertiary/aromatic N) is 4. The highest BCUT2D eigenvalue weighted by atomic mass is 32.2. The van der Waals surface area contributed by atoms with E-state index in [0.717, 1.165) is 76.5 Å². The van der Waals surface area contributed by atoms with Crippen molar-refractivity contribution in [3.8, 4) is 0 Å². The van der Waals surface area contributed by atoms with Crippen molar-refractivity contribution in [2.24, 2.45) is 11.1 Å². The van der Waals surface area contributed by atoms with Gasteiger partial charge in [0.05, 0.1) is 11.4 Å². The summed E-state index contributed by atoms with van der Waals surface area (Å²) in [6, 6.07) is 14.6. The summed E-state index contributed by atoms with van der Waals surface area (Å²) in [4.78, 5) is 27.2. The second kappa shape index (κ2) is 12.6. The van der Waals surface area contributed by atoms with Crippen LogP contribution in [0.2, 0.25) is 0 Å². The fraction of sp³-hybridized carbons (Fsp3) is 0.484. The Labute approximate surface area is 235 Å². The molecule has 2 fully saturated rings. The average molecular weight is 551 g/mol. The number of hydrogen-bond acceptors (Lipinski definition) is 7. The van der Waals surface area contributed by atoms with Crippen molar-refractivity contribution in [2.45, 2.75) is 49.4 Å². The number of anilines is 1. The summed E-state index contributed by atoms with van der Waals surface area (Å²) in [6.07, 6.45) is 2.33. The van der Waals surface area contributed by atoms with Crippen LogP contribution < -0.4 is 4.90 Å². The number of oxime groups is 1. The molecule has 1 atom stereocenters. The van der Waals surface area contributed by atoms with E-state index >= 15 is 0 Å². The fourth-order valence-corrected chi connectivity index (χ4v) is 6.65. The van der Waals surface area contributed by atoms with Crippen LogP contribution in [0.25, 0.3) is 0 Å². The Balaban J connectivity index is 1.06. The number of likely N-dealkylation sites (tertiary alicyclic amines) is 1. The van der Waals surface area contributed by atoms with Gasteiger partial charge in [0.15, 0.2) is 5.78 Å². The molecule has 6 nitrogen and oxygen atoms in total. The maximum atomic E-state index is 13.2. The SMILES string of the molecule is C=C(C1=NO[C@H](CN2CCN(c3ccccc3SC(C)C)CC2)C1)N1CCC(C(=O)c2ccc(F)cc2)CC1. The zero-order valence-corrected chi connectivity index (χ0v) is 23.8. The van der Waals surface area contributed by atoms with Gasteiger partial charge in [-0.15, -0.1) is 11.8 Å². The molecule has 2 aromatic carbocycles. The van der Waals surface area contributed by atoms with Gasteiger partial charge in [0, 0.05) is 73.9 Å². The normalized spacial score (nSPS) is 20.7. The fourth-order valence-electron chi connectivity index (χ4n) is 5.67. The lowest BCUT2D eigenvalue weighted by atomic mass is 9.88. The summed E-state index contributed by atoms with van der Waals surface area (Å²) in [5, 5.41) is 4.96. The number of halogens is 1. The quantitative estimate of drug-likeness (QED) is 0.295. The van der Waals surface area contributed by atoms with Gasteiger partial charge in [-0.2, -0.15) is 0 Å². The average Bonchev–Trinajstić information content (AvgIpc) is 3.42. The van der Waals surface area contributed by atoms with Crippen LogP contribution in [-0.4, -0.2) is 78.5 Å². The number of ketones is 1. The Kier molecular flexibility index (Phi) is 8.92. The van der Waals surface area contributed by atoms with Crippen LogP contribution in [0.15, 0.2) is 70.9 Å². The smallest absolute Gasteiger partial charge is 0.166 e. The largest absolute Gasteiger partial charge is 0.390 e. The number of carbonyl (C=O) groups excluding carboxylic acids is 1. The van der Waals surface area contributed by atoms with Crippen molar-refractivity contribution >= 4 is 28.9 Å². The van der Waals surface area contributed by atoms with Gasteiger partial charge in [-0.25, -0.2) is 4.39 Å². The minimum absolute atomic E-state index is 0.0383. The molecule has 0 N–H and O–H groups in total. The Morgan fingerprint density at radius 1 is 1.05 bits per heavy atom. The van der Waals surface area contributed by atoms with Crippen LogP contribution in [0, 0.1) is 11.7 Å². The highest BCUT2D eigenvalue weighted by Gasteiger charge is 2.31. The van der Waals surface area contributed by atoms with Crippen LogP contribution in [0.5, 0.6) is 0 Å². The first-order valence-electron chi connectivity index (χ1n) is 14.1. The van der Waals surface area contributed by atoms with Crippen LogP contribution in [0.3, 0.4) is 0 Å². The first kappa shape index (κ1) is 27.7. The van der Waals surface area contributed by atoms with Gasteiger partial charge in [-0.1, -0.05) is 37.7 Å². The molecular formula is C31H39FN4O2S. The highest BCUT2D eigenvalue weighted by molar-refractivity contribution is 8.00. The number of hydrogen-bond donors (Lipinski definition) is 0. The summed E-state index contributed by atoms with van der Waals surface area (Å²) in [7, 11) is 0. The van der Waals surface area contributed by atoms with Crippen molar-refractivity contribution in [2.75, 3.05) is 50.7 Å². The molecule has 0 saturated carbocycles. The summed E-state index contributed by atoms with van der Waals surface area (Å²) in [5.41, 5.74) is 3.76. The molecule has 8 heteroatoms. The molecule has 208 valence electrons. The number of carbonyl (C=O) groups is 1. The van der Waals surface area contributed by atoms with Gasteiger partial charge < -0.3 is 14.6 Å². The number of piperazine rings is 1. The van der Waals surface area contributed by atoms with Crippen molar-refractivity contribution in [1.82, 2.24) is 9.80 Å². The molecule has 3 heterocycles. The number of piperidine rings is 1. The van der Waals surface area contributed by atoms with E-state index < -0.39 is 0 Å². The molecule has 0 radical (unpaired) electrons. The molecule has 3 aliphatic rings. The van der Waals surface area contributed by atoms with E-state index in [1.165, 1.54) is 22.7 Å². The zero-order chi connectivity index (χ0) is 27.4. The highest BCUT2D eigenvalue weighted by Crippen LogP contribution is 2.33. The van der Waals surface area contributed by atoms with Crippen LogP contribution >= 0.6 is 11.8 Å². The van der Waals surface area contributed by atoms with E-state index in [0.29, 0.717) is 10.8 Å². The minimum atomic E-state index is -0.320. The number of rotatable bonds is 9. The third-order valence-corrected chi connectivity index (χ3v) is 8.92. The van der Waals surface area contributed by atoms with Gasteiger partial charge in [-0.3, -0.25) is 9.69 Å². The van der Waals surface area contributed by atoms with Gasteiger partial charge in [0.1, 0.15) is 17.6 Å². The number of thioether (sulfide) groups is 1. The van der Waals surface area contributed by atoms with Gasteiger partial charge in [0.2, 0.25) is 0 Å². The predicted molar refractivity (Wildman–Crippen MR) is 157 cm³/mol. The molecule has 5 rings (SSSR count). The van der Waals surface area contributed by atoms with Crippen LogP contribution in [0.4, 0.5) is 10.1 Å². The first-order valence-corrected chi connectivity index (χ1v) is 14.9. The standard InChI is InChI=1S/C31H39FN4O2S/c1-22(2)39-30-7-5-4-6-29(30)36-18-16-34(17-19-36)21-27-20-28(33-38-27)23(3)35-14-12-25(13-15-35)31(37)24-8-10-26(32)11-9-24/h4-11,22,25,27H,3,12-21H2,1-2H3/t27-/m0/s1. The van der Waals surface area contributed by atoms with Crippen molar-refractivity contribution in [1.29, 1.82) is 0 Å². The molecule has 0 amide bonds. The monoisotopic (exact) mass is 550 g/mol. The van der Waals surface area contributed by atoms with Crippen LogP contribution in [-0.2, 0) is 4.84 Å². The topological polar surface area (TPSA) is 48.4 Å². The second-order valence-electron chi connectivity index (χ2n) is 11.0. The number of allylic oxidation sites excluding steroid dienone is 1. The molecular weight excluding hydrogens is 511 g/mol. The van der Waals surface area contributed by atoms with Crippen molar-refractivity contribution < 1.29 is 14.0 Å². The van der Waals surface area contributed by atoms with E-state index in [1.54, 1.807) is 12.1 Å². The first-order chi connectivity index (χ1) is 18.9. The van der Waals surface area contributed by atoms with Gasteiger partial charge >= 0.3 is 0 Å². The number of Topliss-reactive ketones (excluding diaryl/α,β-unsaturated/α-hetero) is 1. The van der Waals surface area contributed by atoms with Gasteiger partial charge in [0.25, 0.3) is 0 Å². The van der Waals surface area contributed by atoms with Gasteiger partial charge in [-0.05, 0) is 49.2 Å². The molecule has 0 bridgehead atoms. The Bertz CT molecular complexity index is 1190.